The molecule has 1 aliphatic heterocycles. The van der Waals surface area contributed by atoms with Crippen LogP contribution in [0.25, 0.3) is 0 Å². The average molecular weight is 258 g/mol. The third-order valence-corrected chi connectivity index (χ3v) is 2.76. The Balaban J connectivity index is 1.77. The molecule has 2 aromatic carbocycles. The first-order chi connectivity index (χ1) is 9.22. The summed E-state index contributed by atoms with van der Waals surface area (Å²) in [6, 6.07) is 11.8. The van der Waals surface area contributed by atoms with Crippen molar-refractivity contribution in [2.75, 3.05) is 6.79 Å². The lowest BCUT2D eigenvalue weighted by molar-refractivity contribution is 0.174. The fourth-order valence-electron chi connectivity index (χ4n) is 1.78. The lowest BCUT2D eigenvalue weighted by Gasteiger charge is -2.07. The smallest absolute Gasteiger partial charge is 0.457 e. The highest BCUT2D eigenvalue weighted by atomic mass is 16.7. The van der Waals surface area contributed by atoms with E-state index in [1.54, 1.807) is 42.5 Å². The van der Waals surface area contributed by atoms with Gasteiger partial charge in [-0.25, -0.2) is 0 Å². The maximum Gasteiger partial charge on any atom is 0.488 e. The van der Waals surface area contributed by atoms with Crippen molar-refractivity contribution in [1.29, 1.82) is 0 Å². The minimum Gasteiger partial charge on any atom is -0.457 e. The number of fused-ring (bicyclic) bond motifs is 1. The summed E-state index contributed by atoms with van der Waals surface area (Å²) < 4.78 is 16.1. The minimum absolute atomic E-state index is 0.224. The Morgan fingerprint density at radius 1 is 0.895 bits per heavy atom. The second-order valence-corrected chi connectivity index (χ2v) is 4.06. The summed E-state index contributed by atoms with van der Waals surface area (Å²) in [4.78, 5) is 0. The van der Waals surface area contributed by atoms with Crippen LogP contribution in [0, 0.1) is 0 Å². The van der Waals surface area contributed by atoms with Crippen LogP contribution in [-0.2, 0) is 0 Å². The van der Waals surface area contributed by atoms with Gasteiger partial charge in [-0.2, -0.15) is 0 Å². The number of ether oxygens (including phenoxy) is 3. The molecule has 0 spiro atoms. The van der Waals surface area contributed by atoms with E-state index in [0.29, 0.717) is 28.5 Å². The number of rotatable bonds is 3. The normalized spacial score (nSPS) is 12.3. The lowest BCUT2D eigenvalue weighted by Crippen LogP contribution is -2.29. The zero-order chi connectivity index (χ0) is 13.2. The van der Waals surface area contributed by atoms with Gasteiger partial charge in [0.15, 0.2) is 11.5 Å². The Bertz CT molecular complexity index is 582. The van der Waals surface area contributed by atoms with Crippen molar-refractivity contribution in [3.8, 4) is 23.0 Å². The van der Waals surface area contributed by atoms with Gasteiger partial charge in [-0.3, -0.25) is 0 Å². The first-order valence-electron chi connectivity index (χ1n) is 5.76. The minimum atomic E-state index is -1.47. The predicted molar refractivity (Wildman–Crippen MR) is 68.9 cm³/mol. The van der Waals surface area contributed by atoms with Crippen LogP contribution in [0.5, 0.6) is 23.0 Å². The summed E-state index contributed by atoms with van der Waals surface area (Å²) in [5, 5.41) is 18.0. The van der Waals surface area contributed by atoms with Crippen LogP contribution < -0.4 is 19.7 Å². The van der Waals surface area contributed by atoms with E-state index in [-0.39, 0.29) is 6.79 Å². The van der Waals surface area contributed by atoms with Gasteiger partial charge >= 0.3 is 7.12 Å². The molecule has 0 unspecified atom stereocenters. The van der Waals surface area contributed by atoms with Gasteiger partial charge in [0.1, 0.15) is 11.5 Å². The van der Waals surface area contributed by atoms with Gasteiger partial charge in [0.25, 0.3) is 0 Å². The molecule has 0 bridgehead atoms. The maximum absolute atomic E-state index is 8.99. The zero-order valence-electron chi connectivity index (χ0n) is 9.95. The van der Waals surface area contributed by atoms with Gasteiger partial charge in [-0.05, 0) is 29.7 Å². The molecule has 0 radical (unpaired) electrons. The van der Waals surface area contributed by atoms with Crippen molar-refractivity contribution in [3.05, 3.63) is 42.5 Å². The Labute approximate surface area is 110 Å². The van der Waals surface area contributed by atoms with Crippen LogP contribution in [0.3, 0.4) is 0 Å². The van der Waals surface area contributed by atoms with Gasteiger partial charge in [0.2, 0.25) is 6.79 Å². The molecule has 0 amide bonds. The summed E-state index contributed by atoms with van der Waals surface area (Å²) in [5.41, 5.74) is 0.415. The largest absolute Gasteiger partial charge is 0.488 e. The highest BCUT2D eigenvalue weighted by Gasteiger charge is 2.14. The quantitative estimate of drug-likeness (QED) is 0.800. The van der Waals surface area contributed by atoms with E-state index in [1.807, 2.05) is 0 Å². The van der Waals surface area contributed by atoms with Gasteiger partial charge in [-0.1, -0.05) is 12.1 Å². The van der Waals surface area contributed by atoms with Crippen LogP contribution in [0.1, 0.15) is 0 Å². The molecule has 1 aliphatic rings. The second kappa shape index (κ2) is 4.83. The van der Waals surface area contributed by atoms with Crippen molar-refractivity contribution in [2.45, 2.75) is 0 Å². The SMILES string of the molecule is OB(O)c1ccc(Oc2ccc3c(c2)OCO3)cc1. The zero-order valence-corrected chi connectivity index (χ0v) is 9.95. The molecule has 0 saturated carbocycles. The Morgan fingerprint density at radius 3 is 2.32 bits per heavy atom. The first kappa shape index (κ1) is 11.9. The second-order valence-electron chi connectivity index (χ2n) is 4.06. The van der Waals surface area contributed by atoms with E-state index in [9.17, 15) is 0 Å². The van der Waals surface area contributed by atoms with Crippen molar-refractivity contribution < 1.29 is 24.3 Å². The Hall–Kier alpha value is -2.18. The van der Waals surface area contributed by atoms with E-state index in [4.69, 9.17) is 24.3 Å². The lowest BCUT2D eigenvalue weighted by atomic mass is 9.80. The van der Waals surface area contributed by atoms with Crippen LogP contribution in [-0.4, -0.2) is 24.0 Å². The van der Waals surface area contributed by atoms with E-state index < -0.39 is 7.12 Å². The van der Waals surface area contributed by atoms with E-state index in [2.05, 4.69) is 0 Å². The fourth-order valence-corrected chi connectivity index (χ4v) is 1.78. The summed E-state index contributed by atoms with van der Waals surface area (Å²) in [7, 11) is -1.47. The molecule has 1 heterocycles. The summed E-state index contributed by atoms with van der Waals surface area (Å²) >= 11 is 0. The predicted octanol–water partition coefficient (Wildman–Crippen LogP) is 0.887. The van der Waals surface area contributed by atoms with Crippen molar-refractivity contribution >= 4 is 12.6 Å². The molecule has 0 fully saturated rings. The topological polar surface area (TPSA) is 68.2 Å². The molecule has 2 aromatic rings. The van der Waals surface area contributed by atoms with Crippen molar-refractivity contribution in [1.82, 2.24) is 0 Å². The van der Waals surface area contributed by atoms with Crippen molar-refractivity contribution in [3.63, 3.8) is 0 Å². The number of hydrogen-bond acceptors (Lipinski definition) is 5. The van der Waals surface area contributed by atoms with E-state index >= 15 is 0 Å². The van der Waals surface area contributed by atoms with E-state index in [0.717, 1.165) is 0 Å². The molecule has 6 heteroatoms. The molecule has 0 saturated heterocycles. The molecule has 2 N–H and O–H groups in total. The van der Waals surface area contributed by atoms with Crippen molar-refractivity contribution in [2.24, 2.45) is 0 Å². The van der Waals surface area contributed by atoms with Gasteiger partial charge in [0.05, 0.1) is 0 Å². The Kier molecular flexibility index (Phi) is 3.02. The van der Waals surface area contributed by atoms with Crippen LogP contribution in [0.2, 0.25) is 0 Å². The van der Waals surface area contributed by atoms with E-state index in [1.165, 1.54) is 0 Å². The third kappa shape index (κ3) is 2.49. The molecule has 96 valence electrons. The monoisotopic (exact) mass is 258 g/mol. The molecule has 0 aliphatic carbocycles. The van der Waals surface area contributed by atoms with Crippen LogP contribution >= 0.6 is 0 Å². The highest BCUT2D eigenvalue weighted by molar-refractivity contribution is 6.58. The molecule has 19 heavy (non-hydrogen) atoms. The van der Waals surface area contributed by atoms with Gasteiger partial charge in [-0.15, -0.1) is 0 Å². The van der Waals surface area contributed by atoms with Gasteiger partial charge in [0, 0.05) is 6.07 Å². The van der Waals surface area contributed by atoms with Crippen LogP contribution in [0.15, 0.2) is 42.5 Å². The first-order valence-corrected chi connectivity index (χ1v) is 5.76. The summed E-state index contributed by atoms with van der Waals surface area (Å²) in [6.45, 7) is 0.224. The number of benzene rings is 2. The molecule has 3 rings (SSSR count). The summed E-state index contributed by atoms with van der Waals surface area (Å²) in [6.07, 6.45) is 0. The Morgan fingerprint density at radius 2 is 1.58 bits per heavy atom. The molecular weight excluding hydrogens is 247 g/mol. The van der Waals surface area contributed by atoms with Crippen LogP contribution in [0.4, 0.5) is 0 Å². The average Bonchev–Trinajstić information content (AvgIpc) is 2.87. The number of hydrogen-bond donors (Lipinski definition) is 2. The fraction of sp³-hybridized carbons (Fsp3) is 0.0769. The molecule has 0 atom stereocenters. The molecule has 5 nitrogen and oxygen atoms in total. The third-order valence-electron chi connectivity index (χ3n) is 2.76. The molecular formula is C13H11BO5. The standard InChI is InChI=1S/C13H11BO5/c15-14(16)9-1-3-10(4-2-9)19-11-5-6-12-13(7-11)18-8-17-12/h1-7,15-16H,8H2. The highest BCUT2D eigenvalue weighted by Crippen LogP contribution is 2.36. The maximum atomic E-state index is 8.99. The van der Waals surface area contributed by atoms with Gasteiger partial charge < -0.3 is 24.3 Å². The molecule has 0 aromatic heterocycles. The summed E-state index contributed by atoms with van der Waals surface area (Å²) in [5.74, 6) is 2.58.